The van der Waals surface area contributed by atoms with Crippen LogP contribution in [0.5, 0.6) is 0 Å². The Morgan fingerprint density at radius 1 is 1.00 bits per heavy atom. The van der Waals surface area contributed by atoms with Gasteiger partial charge in [0.25, 0.3) is 11.8 Å². The Balaban J connectivity index is 1.20. The third-order valence-corrected chi connectivity index (χ3v) is 11.1. The predicted octanol–water partition coefficient (Wildman–Crippen LogP) is 4.61. The number of aromatic amines is 1. The molecule has 2 amide bonds. The van der Waals surface area contributed by atoms with Crippen LogP contribution in [-0.4, -0.2) is 80.5 Å². The first-order valence-electron chi connectivity index (χ1n) is 18.5. The van der Waals surface area contributed by atoms with Crippen LogP contribution in [0, 0.1) is 12.1 Å². The van der Waals surface area contributed by atoms with E-state index in [9.17, 15) is 20.0 Å². The number of nitrogens with zero attached hydrogens (tertiary/aromatic N) is 5. The van der Waals surface area contributed by atoms with E-state index in [1.807, 2.05) is 78.0 Å². The zero-order valence-corrected chi connectivity index (χ0v) is 30.9. The molecule has 5 N–H and O–H groups in total. The Morgan fingerprint density at radius 2 is 1.76 bits per heavy atom. The average molecular weight is 741 g/mol. The van der Waals surface area contributed by atoms with E-state index in [2.05, 4.69) is 27.2 Å². The molecule has 0 bridgehead atoms. The van der Waals surface area contributed by atoms with Crippen LogP contribution in [0.3, 0.4) is 0 Å². The molecule has 4 heterocycles. The third-order valence-electron chi connectivity index (χ3n) is 11.1. The Morgan fingerprint density at radius 3 is 2.55 bits per heavy atom. The van der Waals surface area contributed by atoms with Crippen molar-refractivity contribution in [3.05, 3.63) is 136 Å². The summed E-state index contributed by atoms with van der Waals surface area (Å²) in [6, 6.07) is 27.6. The minimum absolute atomic E-state index is 0.0428. The first kappa shape index (κ1) is 36.2. The van der Waals surface area contributed by atoms with Gasteiger partial charge < -0.3 is 30.0 Å². The van der Waals surface area contributed by atoms with Crippen molar-refractivity contribution in [1.29, 1.82) is 0 Å². The van der Waals surface area contributed by atoms with Gasteiger partial charge in [-0.2, -0.15) is 10.3 Å². The number of nitrogens with two attached hydrogens (primary N) is 1. The SMILES string of the molecule is Cc1c(C(=O)N(Cc2ccccc2N)c2ccc3cn[nH]c3c2)cc(-c2cc([NH+]([O-])O)ccc2C(=O)N2Cc3ccccc3C[C@H]2CN2CCOCC2)n1C. The number of amides is 2. The number of rotatable bonds is 9. The molecule has 2 aliphatic rings. The summed E-state index contributed by atoms with van der Waals surface area (Å²) >= 11 is 0. The molecule has 4 aromatic carbocycles. The zero-order valence-electron chi connectivity index (χ0n) is 30.9. The van der Waals surface area contributed by atoms with Crippen LogP contribution in [0.1, 0.15) is 43.1 Å². The number of hydrogen-bond donors (Lipinski definition) is 4. The molecule has 13 nitrogen and oxygen atoms in total. The maximum atomic E-state index is 14.9. The van der Waals surface area contributed by atoms with Gasteiger partial charge in [0, 0.05) is 90.7 Å². The Bertz CT molecular complexity index is 2380. The quantitative estimate of drug-likeness (QED) is 0.124. The molecule has 282 valence electrons. The molecule has 6 aromatic rings. The molecular weight excluding hydrogens is 697 g/mol. The number of H-pyrrole nitrogens is 1. The number of fused-ring (bicyclic) bond motifs is 2. The first-order chi connectivity index (χ1) is 26.7. The molecular formula is C42H44N8O5. The largest absolute Gasteiger partial charge is 0.595 e. The number of ether oxygens (including phenoxy) is 1. The second kappa shape index (κ2) is 15.1. The average Bonchev–Trinajstić information content (AvgIpc) is 3.80. The molecule has 1 unspecified atom stereocenters. The van der Waals surface area contributed by atoms with Crippen LogP contribution in [0.25, 0.3) is 22.2 Å². The maximum absolute atomic E-state index is 14.9. The highest BCUT2D eigenvalue weighted by atomic mass is 16.8. The number of anilines is 2. The molecule has 2 atom stereocenters. The van der Waals surface area contributed by atoms with Gasteiger partial charge >= 0.3 is 0 Å². The van der Waals surface area contributed by atoms with Crippen LogP contribution in [0.4, 0.5) is 17.1 Å². The number of para-hydroxylation sites is 1. The predicted molar refractivity (Wildman–Crippen MR) is 210 cm³/mol. The number of carbonyl (C=O) groups excluding carboxylic acids is 2. The van der Waals surface area contributed by atoms with Crippen LogP contribution >= 0.6 is 0 Å². The summed E-state index contributed by atoms with van der Waals surface area (Å²) in [5, 5.41) is 29.4. The van der Waals surface area contributed by atoms with Gasteiger partial charge in [-0.3, -0.25) is 19.6 Å². The molecule has 8 rings (SSSR count). The third kappa shape index (κ3) is 7.11. The molecule has 0 saturated carbocycles. The van der Waals surface area contributed by atoms with Crippen LogP contribution in [-0.2, 0) is 31.3 Å². The van der Waals surface area contributed by atoms with Crippen molar-refractivity contribution in [2.75, 3.05) is 43.5 Å². The lowest BCUT2D eigenvalue weighted by Gasteiger charge is -2.40. The van der Waals surface area contributed by atoms with Gasteiger partial charge in [-0.15, -0.1) is 0 Å². The summed E-state index contributed by atoms with van der Waals surface area (Å²) < 4.78 is 7.46. The normalized spacial score (nSPS) is 16.6. The lowest BCUT2D eigenvalue weighted by atomic mass is 9.92. The summed E-state index contributed by atoms with van der Waals surface area (Å²) in [6.07, 6.45) is 2.43. The van der Waals surface area contributed by atoms with Gasteiger partial charge in [-0.1, -0.05) is 42.5 Å². The standard InChI is InChI=1S/C42H44N8O5/c1-27-36(42(52)48(25-31-9-5-6-10-38(31)43)32-12-11-29-23-44-45-39(29)21-32)22-40(46(27)2)37-20-33(50(53)54)13-14-35(37)41(51)49-24-30-8-4-3-7-28(30)19-34(49)26-47-15-17-55-18-16-47/h3-14,20-23,34,50,53H,15-19,24-26,43H2,1-2H3,(H,44,45)/t34-/m0/s1. The molecule has 13 heteroatoms. The van der Waals surface area contributed by atoms with Crippen molar-refractivity contribution in [3.63, 3.8) is 0 Å². The number of benzene rings is 4. The second-order valence-electron chi connectivity index (χ2n) is 14.4. The van der Waals surface area contributed by atoms with Crippen molar-refractivity contribution in [2.24, 2.45) is 7.05 Å². The lowest BCUT2D eigenvalue weighted by molar-refractivity contribution is -0.991. The molecule has 0 aliphatic carbocycles. The molecule has 1 fully saturated rings. The summed E-state index contributed by atoms with van der Waals surface area (Å²) in [4.78, 5) is 35.7. The fourth-order valence-corrected chi connectivity index (χ4v) is 7.84. The summed E-state index contributed by atoms with van der Waals surface area (Å²) in [6.45, 7) is 6.07. The number of nitrogens with one attached hydrogen (secondary N) is 2. The number of morpholine rings is 1. The molecule has 2 aromatic heterocycles. The number of carbonyl (C=O) groups is 2. The first-order valence-corrected chi connectivity index (χ1v) is 18.5. The van der Waals surface area contributed by atoms with Gasteiger partial charge in [0.05, 0.1) is 37.0 Å². The lowest BCUT2D eigenvalue weighted by Crippen LogP contribution is -2.99. The van der Waals surface area contributed by atoms with Gasteiger partial charge in [0.2, 0.25) is 0 Å². The number of aromatic nitrogens is 3. The van der Waals surface area contributed by atoms with Crippen molar-refractivity contribution in [3.8, 4) is 11.3 Å². The monoisotopic (exact) mass is 740 g/mol. The minimum Gasteiger partial charge on any atom is -0.595 e. The van der Waals surface area contributed by atoms with Crippen molar-refractivity contribution in [2.45, 2.75) is 32.5 Å². The maximum Gasteiger partial charge on any atom is 0.260 e. The van der Waals surface area contributed by atoms with E-state index in [0.29, 0.717) is 72.2 Å². The summed E-state index contributed by atoms with van der Waals surface area (Å²) in [5.74, 6) is -0.470. The molecule has 0 spiro atoms. The van der Waals surface area contributed by atoms with E-state index in [-0.39, 0.29) is 30.1 Å². The fourth-order valence-electron chi connectivity index (χ4n) is 7.84. The van der Waals surface area contributed by atoms with Crippen molar-refractivity contribution < 1.29 is 24.8 Å². The van der Waals surface area contributed by atoms with Gasteiger partial charge in [0.15, 0.2) is 5.69 Å². The Kier molecular flexibility index (Phi) is 9.95. The topological polar surface area (TPSA) is 160 Å². The molecule has 2 aliphatic heterocycles. The second-order valence-corrected chi connectivity index (χ2v) is 14.4. The highest BCUT2D eigenvalue weighted by molar-refractivity contribution is 6.09. The van der Waals surface area contributed by atoms with Gasteiger partial charge in [0.1, 0.15) is 0 Å². The smallest absolute Gasteiger partial charge is 0.260 e. The van der Waals surface area contributed by atoms with Crippen LogP contribution < -0.4 is 15.9 Å². The molecule has 0 radical (unpaired) electrons. The van der Waals surface area contributed by atoms with Gasteiger partial charge in [-0.25, -0.2) is 5.21 Å². The summed E-state index contributed by atoms with van der Waals surface area (Å²) in [5.41, 5.74) is 13.9. The number of hydrogen-bond acceptors (Lipinski definition) is 8. The number of nitrogen functional groups attached to an aromatic ring is 1. The van der Waals surface area contributed by atoms with E-state index < -0.39 is 5.23 Å². The fraction of sp³-hybridized carbons (Fsp3) is 0.262. The zero-order chi connectivity index (χ0) is 38.2. The van der Waals surface area contributed by atoms with Crippen LogP contribution in [0.2, 0.25) is 0 Å². The van der Waals surface area contributed by atoms with Gasteiger partial charge in [-0.05, 0) is 66.4 Å². The number of quaternary nitrogens is 1. The Hall–Kier alpha value is -5.83. The summed E-state index contributed by atoms with van der Waals surface area (Å²) in [7, 11) is 1.83. The minimum atomic E-state index is -1.11. The highest BCUT2D eigenvalue weighted by Crippen LogP contribution is 2.35. The van der Waals surface area contributed by atoms with Crippen LogP contribution in [0.15, 0.2) is 97.2 Å². The van der Waals surface area contributed by atoms with E-state index >= 15 is 0 Å². The van der Waals surface area contributed by atoms with Crippen molar-refractivity contribution in [1.82, 2.24) is 24.6 Å². The molecule has 55 heavy (non-hydrogen) atoms. The van der Waals surface area contributed by atoms with E-state index in [1.165, 1.54) is 11.6 Å². The van der Waals surface area contributed by atoms with Crippen molar-refractivity contribution >= 4 is 39.8 Å². The Labute approximate surface area is 318 Å². The van der Waals surface area contributed by atoms with E-state index in [4.69, 9.17) is 10.5 Å². The molecule has 1 saturated heterocycles. The van der Waals surface area contributed by atoms with E-state index in [1.54, 1.807) is 29.3 Å². The highest BCUT2D eigenvalue weighted by Gasteiger charge is 2.34. The van der Waals surface area contributed by atoms with E-state index in [0.717, 1.165) is 35.1 Å².